The summed E-state index contributed by atoms with van der Waals surface area (Å²) in [5, 5.41) is 5.16. The highest BCUT2D eigenvalue weighted by atomic mass is 35.5. The first kappa shape index (κ1) is 13.4. The molecular weight excluding hydrogens is 270 g/mol. The molecule has 0 saturated carbocycles. The Kier molecular flexibility index (Phi) is 4.29. The van der Waals surface area contributed by atoms with Crippen molar-refractivity contribution >= 4 is 23.4 Å². The van der Waals surface area contributed by atoms with Gasteiger partial charge in [-0.15, -0.1) is 11.6 Å². The molecule has 7 heteroatoms. The van der Waals surface area contributed by atoms with E-state index in [-0.39, 0.29) is 0 Å². The minimum Gasteiger partial charge on any atom is -0.325 e. The summed E-state index contributed by atoms with van der Waals surface area (Å²) in [6.07, 6.45) is 3.40. The molecule has 2 aromatic heterocycles. The van der Waals surface area contributed by atoms with Crippen molar-refractivity contribution < 1.29 is 0 Å². The standard InChI is InChI=1S/C11H16ClN5S/c1-8(2)17-10(14-7-15-17)6-18-11-13-5-9(4-12)16(11)3/h5,7-8H,4,6H2,1-3H3. The zero-order valence-corrected chi connectivity index (χ0v) is 12.2. The number of nitrogens with zero attached hydrogens (tertiary/aromatic N) is 5. The molecule has 18 heavy (non-hydrogen) atoms. The van der Waals surface area contributed by atoms with E-state index in [0.29, 0.717) is 11.9 Å². The molecule has 0 aliphatic rings. The van der Waals surface area contributed by atoms with Crippen LogP contribution >= 0.6 is 23.4 Å². The number of halogens is 1. The van der Waals surface area contributed by atoms with E-state index in [4.69, 9.17) is 11.6 Å². The first-order valence-electron chi connectivity index (χ1n) is 5.71. The van der Waals surface area contributed by atoms with E-state index in [1.165, 1.54) is 0 Å². The van der Waals surface area contributed by atoms with E-state index in [2.05, 4.69) is 28.9 Å². The van der Waals surface area contributed by atoms with E-state index in [0.717, 1.165) is 22.4 Å². The van der Waals surface area contributed by atoms with Crippen molar-refractivity contribution in [2.24, 2.45) is 7.05 Å². The predicted molar refractivity (Wildman–Crippen MR) is 72.7 cm³/mol. The molecule has 0 saturated heterocycles. The Morgan fingerprint density at radius 1 is 1.39 bits per heavy atom. The SMILES string of the molecule is CC(C)n1ncnc1CSc1ncc(CCl)n1C. The van der Waals surface area contributed by atoms with Gasteiger partial charge in [-0.2, -0.15) is 5.10 Å². The van der Waals surface area contributed by atoms with Gasteiger partial charge in [-0.1, -0.05) is 11.8 Å². The number of hydrogen-bond acceptors (Lipinski definition) is 4. The van der Waals surface area contributed by atoms with Crippen LogP contribution in [0, 0.1) is 0 Å². The molecule has 0 aromatic carbocycles. The van der Waals surface area contributed by atoms with Crippen LogP contribution in [0.4, 0.5) is 0 Å². The number of rotatable bonds is 5. The summed E-state index contributed by atoms with van der Waals surface area (Å²) in [5.41, 5.74) is 1.02. The highest BCUT2D eigenvalue weighted by Gasteiger charge is 2.11. The Hall–Kier alpha value is -1.01. The van der Waals surface area contributed by atoms with Crippen molar-refractivity contribution in [1.29, 1.82) is 0 Å². The van der Waals surface area contributed by atoms with Crippen LogP contribution in [0.25, 0.3) is 0 Å². The summed E-state index contributed by atoms with van der Waals surface area (Å²) >= 11 is 7.46. The number of alkyl halides is 1. The molecular formula is C11H16ClN5S. The second-order valence-corrected chi connectivity index (χ2v) is 5.44. The van der Waals surface area contributed by atoms with Crippen LogP contribution < -0.4 is 0 Å². The third kappa shape index (κ3) is 2.70. The summed E-state index contributed by atoms with van der Waals surface area (Å²) in [7, 11) is 1.97. The number of aromatic nitrogens is 5. The molecule has 0 spiro atoms. The molecule has 0 aliphatic carbocycles. The number of imidazole rings is 1. The average Bonchev–Trinajstić information content (AvgIpc) is 2.93. The summed E-state index contributed by atoms with van der Waals surface area (Å²) < 4.78 is 3.94. The summed E-state index contributed by atoms with van der Waals surface area (Å²) in [4.78, 5) is 8.62. The fourth-order valence-corrected chi connectivity index (χ4v) is 2.77. The molecule has 0 aliphatic heterocycles. The van der Waals surface area contributed by atoms with Crippen LogP contribution in [0.3, 0.4) is 0 Å². The molecule has 2 aromatic rings. The van der Waals surface area contributed by atoms with Gasteiger partial charge < -0.3 is 4.57 Å². The van der Waals surface area contributed by atoms with Gasteiger partial charge in [0.15, 0.2) is 5.16 Å². The average molecular weight is 286 g/mol. The lowest BCUT2D eigenvalue weighted by atomic mass is 10.4. The van der Waals surface area contributed by atoms with E-state index in [1.807, 2.05) is 22.5 Å². The summed E-state index contributed by atoms with van der Waals surface area (Å²) in [6, 6.07) is 0.322. The lowest BCUT2D eigenvalue weighted by Gasteiger charge is -2.09. The second kappa shape index (κ2) is 5.75. The maximum absolute atomic E-state index is 5.82. The van der Waals surface area contributed by atoms with Gasteiger partial charge in [-0.05, 0) is 13.8 Å². The van der Waals surface area contributed by atoms with Crippen LogP contribution in [-0.4, -0.2) is 24.3 Å². The van der Waals surface area contributed by atoms with Gasteiger partial charge in [0.2, 0.25) is 0 Å². The quantitative estimate of drug-likeness (QED) is 0.626. The minimum absolute atomic E-state index is 0.322. The van der Waals surface area contributed by atoms with Crippen LogP contribution in [0.1, 0.15) is 31.4 Å². The van der Waals surface area contributed by atoms with Crippen molar-refractivity contribution in [2.75, 3.05) is 0 Å². The Bertz CT molecular complexity index is 519. The Morgan fingerprint density at radius 2 is 2.17 bits per heavy atom. The molecule has 0 unspecified atom stereocenters. The van der Waals surface area contributed by atoms with Crippen molar-refractivity contribution in [3.8, 4) is 0 Å². The van der Waals surface area contributed by atoms with Crippen molar-refractivity contribution in [2.45, 2.75) is 36.7 Å². The maximum Gasteiger partial charge on any atom is 0.168 e. The van der Waals surface area contributed by atoms with Crippen LogP contribution in [-0.2, 0) is 18.7 Å². The molecule has 2 heterocycles. The molecule has 5 nitrogen and oxygen atoms in total. The lowest BCUT2D eigenvalue weighted by Crippen LogP contribution is -2.07. The van der Waals surface area contributed by atoms with Crippen molar-refractivity contribution in [3.05, 3.63) is 24.0 Å². The van der Waals surface area contributed by atoms with Crippen LogP contribution in [0.5, 0.6) is 0 Å². The number of thioether (sulfide) groups is 1. The highest BCUT2D eigenvalue weighted by molar-refractivity contribution is 7.98. The first-order valence-corrected chi connectivity index (χ1v) is 7.23. The zero-order chi connectivity index (χ0) is 13.1. The fourth-order valence-electron chi connectivity index (χ4n) is 1.62. The van der Waals surface area contributed by atoms with E-state index in [9.17, 15) is 0 Å². The largest absolute Gasteiger partial charge is 0.325 e. The lowest BCUT2D eigenvalue weighted by molar-refractivity contribution is 0.514. The van der Waals surface area contributed by atoms with Crippen molar-refractivity contribution in [3.63, 3.8) is 0 Å². The van der Waals surface area contributed by atoms with Crippen LogP contribution in [0.15, 0.2) is 17.7 Å². The second-order valence-electron chi connectivity index (χ2n) is 4.23. The molecule has 98 valence electrons. The van der Waals surface area contributed by atoms with Gasteiger partial charge in [0.25, 0.3) is 0 Å². The third-order valence-corrected chi connectivity index (χ3v) is 3.96. The van der Waals surface area contributed by atoms with Crippen molar-refractivity contribution in [1.82, 2.24) is 24.3 Å². The van der Waals surface area contributed by atoms with Gasteiger partial charge in [0.1, 0.15) is 12.2 Å². The maximum atomic E-state index is 5.82. The number of hydrogen-bond donors (Lipinski definition) is 0. The predicted octanol–water partition coefficient (Wildman–Crippen LogP) is 2.62. The monoisotopic (exact) mass is 285 g/mol. The van der Waals surface area contributed by atoms with Gasteiger partial charge in [0, 0.05) is 13.1 Å². The van der Waals surface area contributed by atoms with E-state index < -0.39 is 0 Å². The molecule has 0 atom stereocenters. The third-order valence-electron chi connectivity index (χ3n) is 2.65. The Morgan fingerprint density at radius 3 is 2.78 bits per heavy atom. The van der Waals surface area contributed by atoms with E-state index >= 15 is 0 Å². The molecule has 0 fully saturated rings. The van der Waals surface area contributed by atoms with Gasteiger partial charge in [-0.25, -0.2) is 14.6 Å². The Balaban J connectivity index is 2.07. The van der Waals surface area contributed by atoms with Gasteiger partial charge >= 0.3 is 0 Å². The molecule has 0 radical (unpaired) electrons. The molecule has 0 bridgehead atoms. The fraction of sp³-hybridized carbons (Fsp3) is 0.545. The molecule has 0 N–H and O–H groups in total. The normalized spacial score (nSPS) is 11.4. The minimum atomic E-state index is 0.322. The van der Waals surface area contributed by atoms with Gasteiger partial charge in [0.05, 0.1) is 23.5 Å². The zero-order valence-electron chi connectivity index (χ0n) is 10.7. The first-order chi connectivity index (χ1) is 8.63. The highest BCUT2D eigenvalue weighted by Crippen LogP contribution is 2.22. The smallest absolute Gasteiger partial charge is 0.168 e. The van der Waals surface area contributed by atoms with Gasteiger partial charge in [-0.3, -0.25) is 0 Å². The molecule has 0 amide bonds. The van der Waals surface area contributed by atoms with E-state index in [1.54, 1.807) is 18.1 Å². The Labute approximate surface area is 116 Å². The summed E-state index contributed by atoms with van der Waals surface area (Å²) in [5.74, 6) is 2.20. The van der Waals surface area contributed by atoms with Crippen LogP contribution in [0.2, 0.25) is 0 Å². The molecule has 2 rings (SSSR count). The topological polar surface area (TPSA) is 48.5 Å². The summed E-state index contributed by atoms with van der Waals surface area (Å²) in [6.45, 7) is 4.18.